The number of hydrogen-bond acceptors (Lipinski definition) is 2. The smallest absolute Gasteiger partial charge is 0.338 e. The van der Waals surface area contributed by atoms with Crippen molar-refractivity contribution in [3.8, 4) is 0 Å². The Hall–Kier alpha value is -1.20. The maximum Gasteiger partial charge on any atom is 0.338 e. The van der Waals surface area contributed by atoms with Gasteiger partial charge in [0.2, 0.25) is 0 Å². The molecule has 0 radical (unpaired) electrons. The standard InChI is InChI=1S/C16H13Br2FO2/c17-14(15(18)11-4-2-1-3-5-11)10-21-16(20)12-6-8-13(19)9-7-12/h1-9,14-15H,10H2/t14-,15+/m0/s1. The van der Waals surface area contributed by atoms with Crippen LogP contribution in [0.5, 0.6) is 0 Å². The van der Waals surface area contributed by atoms with Gasteiger partial charge in [-0.1, -0.05) is 62.2 Å². The molecule has 2 rings (SSSR count). The first-order chi connectivity index (χ1) is 10.1. The average Bonchev–Trinajstić information content (AvgIpc) is 2.53. The third kappa shape index (κ3) is 4.64. The molecule has 21 heavy (non-hydrogen) atoms. The summed E-state index contributed by atoms with van der Waals surface area (Å²) in [5.41, 5.74) is 1.43. The number of carbonyl (C=O) groups excluding carboxylic acids is 1. The molecule has 5 heteroatoms. The highest BCUT2D eigenvalue weighted by molar-refractivity contribution is 9.12. The van der Waals surface area contributed by atoms with Gasteiger partial charge in [-0.2, -0.15) is 0 Å². The van der Waals surface area contributed by atoms with Crippen LogP contribution in [0.25, 0.3) is 0 Å². The van der Waals surface area contributed by atoms with Gasteiger partial charge in [-0.25, -0.2) is 9.18 Å². The van der Waals surface area contributed by atoms with Crippen molar-refractivity contribution >= 4 is 37.8 Å². The maximum atomic E-state index is 12.8. The number of rotatable bonds is 5. The van der Waals surface area contributed by atoms with Gasteiger partial charge in [0.1, 0.15) is 12.4 Å². The highest BCUT2D eigenvalue weighted by Gasteiger charge is 2.19. The van der Waals surface area contributed by atoms with Crippen molar-refractivity contribution in [3.63, 3.8) is 0 Å². The van der Waals surface area contributed by atoms with Crippen molar-refractivity contribution < 1.29 is 13.9 Å². The summed E-state index contributed by atoms with van der Waals surface area (Å²) in [5.74, 6) is -0.846. The van der Waals surface area contributed by atoms with Crippen molar-refractivity contribution in [1.29, 1.82) is 0 Å². The Balaban J connectivity index is 1.90. The van der Waals surface area contributed by atoms with E-state index in [1.54, 1.807) is 0 Å². The van der Waals surface area contributed by atoms with Crippen LogP contribution in [0.2, 0.25) is 0 Å². The monoisotopic (exact) mass is 414 g/mol. The van der Waals surface area contributed by atoms with E-state index in [-0.39, 0.29) is 22.1 Å². The minimum absolute atomic E-state index is 0.0275. The van der Waals surface area contributed by atoms with Crippen molar-refractivity contribution in [2.24, 2.45) is 0 Å². The number of benzene rings is 2. The summed E-state index contributed by atoms with van der Waals surface area (Å²) in [6.07, 6.45) is 0. The zero-order valence-electron chi connectivity index (χ0n) is 11.0. The van der Waals surface area contributed by atoms with E-state index in [0.717, 1.165) is 5.56 Å². The van der Waals surface area contributed by atoms with Gasteiger partial charge in [0, 0.05) is 0 Å². The molecule has 0 N–H and O–H groups in total. The molecular formula is C16H13Br2FO2. The Morgan fingerprint density at radius 2 is 1.67 bits per heavy atom. The summed E-state index contributed by atoms with van der Waals surface area (Å²) in [6.45, 7) is 0.209. The Morgan fingerprint density at radius 3 is 2.29 bits per heavy atom. The van der Waals surface area contributed by atoms with Crippen LogP contribution in [0.3, 0.4) is 0 Å². The fourth-order valence-electron chi connectivity index (χ4n) is 1.75. The summed E-state index contributed by atoms with van der Waals surface area (Å²) in [6, 6.07) is 15.1. The molecule has 0 saturated carbocycles. The molecule has 2 atom stereocenters. The minimum atomic E-state index is -0.466. The molecule has 0 unspecified atom stereocenters. The number of halogens is 3. The Morgan fingerprint density at radius 1 is 1.05 bits per heavy atom. The molecule has 0 fully saturated rings. The zero-order valence-corrected chi connectivity index (χ0v) is 14.2. The first kappa shape index (κ1) is 16.2. The van der Waals surface area contributed by atoms with Crippen LogP contribution in [-0.2, 0) is 4.74 Å². The molecule has 2 aromatic carbocycles. The number of carbonyl (C=O) groups is 1. The number of hydrogen-bond donors (Lipinski definition) is 0. The lowest BCUT2D eigenvalue weighted by atomic mass is 10.1. The van der Waals surface area contributed by atoms with Crippen LogP contribution in [0, 0.1) is 5.82 Å². The molecule has 0 aromatic heterocycles. The van der Waals surface area contributed by atoms with E-state index in [2.05, 4.69) is 31.9 Å². The summed E-state index contributed by atoms with van der Waals surface area (Å²) in [4.78, 5) is 11.8. The third-order valence-corrected chi connectivity index (χ3v) is 5.56. The normalized spacial score (nSPS) is 13.5. The maximum absolute atomic E-state index is 12.8. The van der Waals surface area contributed by atoms with E-state index in [1.807, 2.05) is 30.3 Å². The predicted molar refractivity (Wildman–Crippen MR) is 87.5 cm³/mol. The Kier molecular flexibility index (Phi) is 5.94. The number of ether oxygens (including phenoxy) is 1. The van der Waals surface area contributed by atoms with Crippen LogP contribution in [0.1, 0.15) is 20.7 Å². The average molecular weight is 416 g/mol. The van der Waals surface area contributed by atoms with Crippen molar-refractivity contribution in [3.05, 3.63) is 71.5 Å². The zero-order chi connectivity index (χ0) is 15.2. The lowest BCUT2D eigenvalue weighted by Crippen LogP contribution is -2.17. The summed E-state index contributed by atoms with van der Waals surface area (Å²) < 4.78 is 18.0. The van der Waals surface area contributed by atoms with Gasteiger partial charge in [-0.05, 0) is 29.8 Å². The first-order valence-corrected chi connectivity index (χ1v) is 8.17. The van der Waals surface area contributed by atoms with E-state index in [1.165, 1.54) is 24.3 Å². The molecular weight excluding hydrogens is 403 g/mol. The summed E-state index contributed by atoms with van der Waals surface area (Å²) in [7, 11) is 0. The van der Waals surface area contributed by atoms with E-state index in [4.69, 9.17) is 4.74 Å². The Labute approximate surface area is 139 Å². The van der Waals surface area contributed by atoms with Crippen LogP contribution in [0.15, 0.2) is 54.6 Å². The summed E-state index contributed by atoms with van der Waals surface area (Å²) >= 11 is 7.09. The molecule has 0 bridgehead atoms. The quantitative estimate of drug-likeness (QED) is 0.513. The van der Waals surface area contributed by atoms with Crippen LogP contribution in [0.4, 0.5) is 4.39 Å². The summed E-state index contributed by atoms with van der Waals surface area (Å²) in [5, 5.41) is 0. The van der Waals surface area contributed by atoms with Crippen molar-refractivity contribution in [1.82, 2.24) is 0 Å². The van der Waals surface area contributed by atoms with Gasteiger partial charge in [-0.3, -0.25) is 0 Å². The topological polar surface area (TPSA) is 26.3 Å². The lowest BCUT2D eigenvalue weighted by Gasteiger charge is -2.17. The molecule has 0 heterocycles. The largest absolute Gasteiger partial charge is 0.461 e. The van der Waals surface area contributed by atoms with Gasteiger partial charge in [-0.15, -0.1) is 0 Å². The second-order valence-corrected chi connectivity index (χ2v) is 6.60. The molecule has 0 aliphatic carbocycles. The number of esters is 1. The Bertz CT molecular complexity index is 587. The third-order valence-electron chi connectivity index (χ3n) is 2.89. The molecule has 110 valence electrons. The first-order valence-electron chi connectivity index (χ1n) is 6.33. The fourth-order valence-corrected chi connectivity index (χ4v) is 2.65. The van der Waals surface area contributed by atoms with Gasteiger partial charge in [0.15, 0.2) is 0 Å². The van der Waals surface area contributed by atoms with Gasteiger partial charge in [0.05, 0.1) is 15.2 Å². The molecule has 2 aromatic rings. The molecule has 0 saturated heterocycles. The fraction of sp³-hybridized carbons (Fsp3) is 0.188. The van der Waals surface area contributed by atoms with Gasteiger partial charge in [0.25, 0.3) is 0 Å². The van der Waals surface area contributed by atoms with E-state index >= 15 is 0 Å². The SMILES string of the molecule is O=C(OC[C@H](Br)[C@H](Br)c1ccccc1)c1ccc(F)cc1. The molecule has 2 nitrogen and oxygen atoms in total. The predicted octanol–water partition coefficient (Wildman–Crippen LogP) is 4.88. The molecule has 0 amide bonds. The molecule has 0 aliphatic heterocycles. The van der Waals surface area contributed by atoms with E-state index in [9.17, 15) is 9.18 Å². The second kappa shape index (κ2) is 7.71. The highest BCUT2D eigenvalue weighted by Crippen LogP contribution is 2.31. The molecule has 0 aliphatic rings. The van der Waals surface area contributed by atoms with E-state index < -0.39 is 5.97 Å². The van der Waals surface area contributed by atoms with Crippen LogP contribution in [-0.4, -0.2) is 17.4 Å². The lowest BCUT2D eigenvalue weighted by molar-refractivity contribution is 0.0508. The highest BCUT2D eigenvalue weighted by atomic mass is 79.9. The van der Waals surface area contributed by atoms with Crippen LogP contribution < -0.4 is 0 Å². The number of alkyl halides is 2. The molecule has 0 spiro atoms. The minimum Gasteiger partial charge on any atom is -0.461 e. The van der Waals surface area contributed by atoms with Gasteiger partial charge >= 0.3 is 5.97 Å². The van der Waals surface area contributed by atoms with Crippen LogP contribution >= 0.6 is 31.9 Å². The van der Waals surface area contributed by atoms with Crippen molar-refractivity contribution in [2.45, 2.75) is 9.65 Å². The van der Waals surface area contributed by atoms with E-state index in [0.29, 0.717) is 5.56 Å². The van der Waals surface area contributed by atoms with Crippen molar-refractivity contribution in [2.75, 3.05) is 6.61 Å². The second-order valence-electron chi connectivity index (χ2n) is 4.43. The van der Waals surface area contributed by atoms with Gasteiger partial charge < -0.3 is 4.74 Å².